The van der Waals surface area contributed by atoms with Crippen LogP contribution in [0.4, 0.5) is 15.9 Å². The van der Waals surface area contributed by atoms with Crippen LogP contribution in [0, 0.1) is 5.82 Å². The number of amides is 1. The number of benzene rings is 2. The molecule has 0 saturated carbocycles. The fourth-order valence-electron chi connectivity index (χ4n) is 3.59. The predicted octanol–water partition coefficient (Wildman–Crippen LogP) is 2.84. The molecule has 3 N–H and O–H groups in total. The maximum atomic E-state index is 13.7. The zero-order valence-electron chi connectivity index (χ0n) is 18.6. The van der Waals surface area contributed by atoms with Crippen LogP contribution in [-0.2, 0) is 24.3 Å². The summed E-state index contributed by atoms with van der Waals surface area (Å²) in [4.78, 5) is 42.1. The van der Waals surface area contributed by atoms with Crippen molar-refractivity contribution in [3.8, 4) is 5.75 Å². The molecule has 1 amide bonds. The number of ether oxygens (including phenoxy) is 1. The van der Waals surface area contributed by atoms with Gasteiger partial charge < -0.3 is 10.5 Å². The zero-order valence-corrected chi connectivity index (χ0v) is 18.6. The van der Waals surface area contributed by atoms with Crippen LogP contribution in [0.5, 0.6) is 5.75 Å². The average Bonchev–Trinajstić information content (AvgIpc) is 2.78. The summed E-state index contributed by atoms with van der Waals surface area (Å²) in [5, 5.41) is 0. The molecule has 0 spiro atoms. The second-order valence-corrected chi connectivity index (χ2v) is 7.60. The number of aromatic amines is 1. The Bertz CT molecular complexity index is 1250. The molecule has 0 bridgehead atoms. The number of hydrogen-bond acceptors (Lipinski definition) is 5. The standard InChI is InChI=1S/C24H27FN4O4/c1-3-4-12-28-22(26)21(23(31)27-24(28)32)29(15-17-9-5-6-11-19(17)33-2)20(30)14-16-8-7-10-18(25)13-16/h5-11,13H,3-4,12,14-15,26H2,1-2H3,(H,27,31,32). The highest BCUT2D eigenvalue weighted by Gasteiger charge is 2.25. The molecule has 0 fully saturated rings. The van der Waals surface area contributed by atoms with Crippen LogP contribution in [0.3, 0.4) is 0 Å². The minimum atomic E-state index is -0.771. The Morgan fingerprint density at radius 3 is 2.64 bits per heavy atom. The number of H-pyrrole nitrogens is 1. The quantitative estimate of drug-likeness (QED) is 0.517. The summed E-state index contributed by atoms with van der Waals surface area (Å²) in [5.74, 6) is -0.526. The van der Waals surface area contributed by atoms with E-state index in [9.17, 15) is 18.8 Å². The van der Waals surface area contributed by atoms with E-state index in [1.807, 2.05) is 6.92 Å². The highest BCUT2D eigenvalue weighted by molar-refractivity contribution is 5.96. The third kappa shape index (κ3) is 5.49. The Kier molecular flexibility index (Phi) is 7.66. The SMILES string of the molecule is CCCCn1c(N)c(N(Cc2ccccc2OC)C(=O)Cc2cccc(F)c2)c(=O)[nH]c1=O. The van der Waals surface area contributed by atoms with Crippen molar-refractivity contribution in [1.82, 2.24) is 9.55 Å². The van der Waals surface area contributed by atoms with Crippen LogP contribution in [0.2, 0.25) is 0 Å². The summed E-state index contributed by atoms with van der Waals surface area (Å²) in [6, 6.07) is 12.7. The van der Waals surface area contributed by atoms with E-state index in [1.165, 1.54) is 34.8 Å². The second-order valence-electron chi connectivity index (χ2n) is 7.60. The van der Waals surface area contributed by atoms with Crippen LogP contribution >= 0.6 is 0 Å². The number of nitrogens with two attached hydrogens (primary N) is 1. The molecular formula is C24H27FN4O4. The molecule has 8 nitrogen and oxygen atoms in total. The monoisotopic (exact) mass is 454 g/mol. The van der Waals surface area contributed by atoms with Crippen molar-refractivity contribution in [2.24, 2.45) is 0 Å². The van der Waals surface area contributed by atoms with Crippen LogP contribution in [0.1, 0.15) is 30.9 Å². The lowest BCUT2D eigenvalue weighted by molar-refractivity contribution is -0.118. The number of methoxy groups -OCH3 is 1. The van der Waals surface area contributed by atoms with Gasteiger partial charge in [0, 0.05) is 12.1 Å². The number of nitrogens with one attached hydrogen (secondary N) is 1. The maximum absolute atomic E-state index is 13.7. The summed E-state index contributed by atoms with van der Waals surface area (Å²) < 4.78 is 20.3. The second kappa shape index (κ2) is 10.6. The van der Waals surface area contributed by atoms with E-state index >= 15 is 0 Å². The van der Waals surface area contributed by atoms with E-state index in [4.69, 9.17) is 10.5 Å². The lowest BCUT2D eigenvalue weighted by Gasteiger charge is -2.25. The molecule has 0 radical (unpaired) electrons. The first-order chi connectivity index (χ1) is 15.8. The Labute approximate surface area is 190 Å². The lowest BCUT2D eigenvalue weighted by atomic mass is 10.1. The normalized spacial score (nSPS) is 10.8. The topological polar surface area (TPSA) is 110 Å². The van der Waals surface area contributed by atoms with Crippen molar-refractivity contribution in [2.45, 2.75) is 39.3 Å². The number of para-hydroxylation sites is 1. The molecule has 2 aromatic carbocycles. The summed E-state index contributed by atoms with van der Waals surface area (Å²) in [7, 11) is 1.50. The largest absolute Gasteiger partial charge is 0.496 e. The molecule has 33 heavy (non-hydrogen) atoms. The Morgan fingerprint density at radius 1 is 1.18 bits per heavy atom. The van der Waals surface area contributed by atoms with Crippen molar-refractivity contribution < 1.29 is 13.9 Å². The number of rotatable bonds is 9. The van der Waals surface area contributed by atoms with E-state index in [1.54, 1.807) is 30.3 Å². The van der Waals surface area contributed by atoms with E-state index < -0.39 is 23.0 Å². The van der Waals surface area contributed by atoms with Crippen LogP contribution < -0.4 is 26.6 Å². The summed E-state index contributed by atoms with van der Waals surface area (Å²) >= 11 is 0. The molecule has 0 atom stereocenters. The molecule has 0 aliphatic carbocycles. The van der Waals surface area contributed by atoms with Gasteiger partial charge in [0.15, 0.2) is 5.69 Å². The Balaban J connectivity index is 2.11. The van der Waals surface area contributed by atoms with E-state index in [0.29, 0.717) is 29.8 Å². The number of hydrogen-bond donors (Lipinski definition) is 2. The molecule has 0 unspecified atom stereocenters. The molecule has 3 aromatic rings. The average molecular weight is 455 g/mol. The van der Waals surface area contributed by atoms with Crippen molar-refractivity contribution in [3.63, 3.8) is 0 Å². The number of carbonyl (C=O) groups excluding carboxylic acids is 1. The van der Waals surface area contributed by atoms with Gasteiger partial charge in [0.25, 0.3) is 5.56 Å². The molecule has 174 valence electrons. The first kappa shape index (κ1) is 23.8. The first-order valence-corrected chi connectivity index (χ1v) is 10.6. The Morgan fingerprint density at radius 2 is 1.94 bits per heavy atom. The lowest BCUT2D eigenvalue weighted by Crippen LogP contribution is -2.41. The van der Waals surface area contributed by atoms with Crippen molar-refractivity contribution in [1.29, 1.82) is 0 Å². The van der Waals surface area contributed by atoms with Gasteiger partial charge in [-0.25, -0.2) is 9.18 Å². The van der Waals surface area contributed by atoms with E-state index in [2.05, 4.69) is 4.98 Å². The van der Waals surface area contributed by atoms with Gasteiger partial charge in [-0.15, -0.1) is 0 Å². The fourth-order valence-corrected chi connectivity index (χ4v) is 3.59. The van der Waals surface area contributed by atoms with Crippen molar-refractivity contribution in [2.75, 3.05) is 17.7 Å². The van der Waals surface area contributed by atoms with Crippen LogP contribution in [0.15, 0.2) is 58.1 Å². The number of halogens is 1. The highest BCUT2D eigenvalue weighted by Crippen LogP contribution is 2.25. The smallest absolute Gasteiger partial charge is 0.330 e. The number of unbranched alkanes of at least 4 members (excludes halogenated alkanes) is 1. The molecule has 0 saturated heterocycles. The predicted molar refractivity (Wildman–Crippen MR) is 125 cm³/mol. The van der Waals surface area contributed by atoms with Gasteiger partial charge in [-0.3, -0.25) is 24.0 Å². The van der Waals surface area contributed by atoms with Crippen LogP contribution in [-0.4, -0.2) is 22.6 Å². The summed E-state index contributed by atoms with van der Waals surface area (Å²) in [6.45, 7) is 2.23. The summed E-state index contributed by atoms with van der Waals surface area (Å²) in [5.41, 5.74) is 5.81. The van der Waals surface area contributed by atoms with Gasteiger partial charge in [-0.05, 0) is 30.2 Å². The number of aromatic nitrogens is 2. The molecule has 1 heterocycles. The fraction of sp³-hybridized carbons (Fsp3) is 0.292. The zero-order chi connectivity index (χ0) is 24.0. The van der Waals surface area contributed by atoms with Gasteiger partial charge in [0.05, 0.1) is 20.1 Å². The van der Waals surface area contributed by atoms with Gasteiger partial charge in [-0.1, -0.05) is 43.7 Å². The number of carbonyl (C=O) groups is 1. The molecule has 3 rings (SSSR count). The van der Waals surface area contributed by atoms with Crippen molar-refractivity contribution in [3.05, 3.63) is 86.3 Å². The highest BCUT2D eigenvalue weighted by atomic mass is 19.1. The van der Waals surface area contributed by atoms with Gasteiger partial charge in [0.1, 0.15) is 17.4 Å². The molecule has 1 aromatic heterocycles. The summed E-state index contributed by atoms with van der Waals surface area (Å²) in [6.07, 6.45) is 1.31. The third-order valence-electron chi connectivity index (χ3n) is 5.29. The molecule has 0 aliphatic rings. The van der Waals surface area contributed by atoms with Gasteiger partial charge in [0.2, 0.25) is 5.91 Å². The van der Waals surface area contributed by atoms with Gasteiger partial charge in [-0.2, -0.15) is 0 Å². The maximum Gasteiger partial charge on any atom is 0.330 e. The minimum Gasteiger partial charge on any atom is -0.496 e. The molecule has 0 aliphatic heterocycles. The van der Waals surface area contributed by atoms with E-state index in [-0.39, 0.29) is 24.5 Å². The molecular weight excluding hydrogens is 427 g/mol. The third-order valence-corrected chi connectivity index (χ3v) is 5.29. The minimum absolute atomic E-state index is 0.0303. The first-order valence-electron chi connectivity index (χ1n) is 10.6. The Hall–Kier alpha value is -3.88. The number of nitrogens with zero attached hydrogens (tertiary/aromatic N) is 2. The van der Waals surface area contributed by atoms with E-state index in [0.717, 1.165) is 6.42 Å². The van der Waals surface area contributed by atoms with Crippen LogP contribution in [0.25, 0.3) is 0 Å². The number of anilines is 2. The van der Waals surface area contributed by atoms with Crippen molar-refractivity contribution >= 4 is 17.4 Å². The number of nitrogen functional groups attached to an aromatic ring is 1. The van der Waals surface area contributed by atoms with Gasteiger partial charge >= 0.3 is 5.69 Å². The molecule has 9 heteroatoms.